The number of nitrogens with zero attached hydrogens (tertiary/aromatic N) is 4. The fourth-order valence-electron chi connectivity index (χ4n) is 4.47. The predicted octanol–water partition coefficient (Wildman–Crippen LogP) is 2.65. The van der Waals surface area contributed by atoms with E-state index in [-0.39, 0.29) is 23.3 Å². The molecule has 2 aliphatic rings. The van der Waals surface area contributed by atoms with Crippen LogP contribution in [-0.4, -0.2) is 65.3 Å². The third-order valence-electron chi connectivity index (χ3n) is 6.32. The molecule has 0 spiro atoms. The van der Waals surface area contributed by atoms with Gasteiger partial charge in [0.2, 0.25) is 10.0 Å². The van der Waals surface area contributed by atoms with Gasteiger partial charge in [-0.3, -0.25) is 14.5 Å². The molecule has 1 aromatic heterocycles. The number of imide groups is 1. The molecular weight excluding hydrogens is 456 g/mol. The molecule has 0 atom stereocenters. The van der Waals surface area contributed by atoms with Crippen molar-refractivity contribution in [1.82, 2.24) is 18.8 Å². The number of aryl methyl sites for hydroxylation is 1. The van der Waals surface area contributed by atoms with Crippen molar-refractivity contribution in [2.45, 2.75) is 37.8 Å². The highest BCUT2D eigenvalue weighted by atomic mass is 32.2. The topological polar surface area (TPSA) is 102 Å². The lowest BCUT2D eigenvalue weighted by atomic mass is 10.1. The highest BCUT2D eigenvalue weighted by molar-refractivity contribution is 7.89. The molecule has 0 radical (unpaired) electrons. The average molecular weight is 483 g/mol. The van der Waals surface area contributed by atoms with Gasteiger partial charge >= 0.3 is 0 Å². The zero-order valence-electron chi connectivity index (χ0n) is 18.9. The molecule has 0 aliphatic carbocycles. The van der Waals surface area contributed by atoms with Crippen molar-refractivity contribution < 1.29 is 22.7 Å². The lowest BCUT2D eigenvalue weighted by Gasteiger charge is -2.26. The van der Waals surface area contributed by atoms with Gasteiger partial charge in [0.25, 0.3) is 11.8 Å². The first kappa shape index (κ1) is 22.7. The number of fused-ring (bicyclic) bond motifs is 2. The summed E-state index contributed by atoms with van der Waals surface area (Å²) in [6.07, 6.45) is 1.84. The van der Waals surface area contributed by atoms with Gasteiger partial charge in [-0.25, -0.2) is 13.4 Å². The molecule has 3 aromatic rings. The van der Waals surface area contributed by atoms with Crippen LogP contribution >= 0.6 is 0 Å². The van der Waals surface area contributed by atoms with Crippen molar-refractivity contribution >= 4 is 32.9 Å². The van der Waals surface area contributed by atoms with E-state index in [4.69, 9.17) is 4.74 Å². The molecule has 0 saturated carbocycles. The number of sulfonamides is 1. The Labute approximate surface area is 198 Å². The van der Waals surface area contributed by atoms with E-state index in [1.165, 1.54) is 9.21 Å². The maximum atomic E-state index is 13.1. The third-order valence-corrected chi connectivity index (χ3v) is 8.21. The Morgan fingerprint density at radius 1 is 1.00 bits per heavy atom. The molecule has 1 fully saturated rings. The minimum absolute atomic E-state index is 0.0241. The minimum Gasteiger partial charge on any atom is -0.379 e. The van der Waals surface area contributed by atoms with Crippen molar-refractivity contribution in [3.63, 3.8) is 0 Å². The van der Waals surface area contributed by atoms with Crippen LogP contribution in [0.15, 0.2) is 47.4 Å². The number of morpholine rings is 1. The summed E-state index contributed by atoms with van der Waals surface area (Å²) < 4.78 is 34.9. The Balaban J connectivity index is 1.51. The monoisotopic (exact) mass is 482 g/mol. The number of ether oxygens (including phenoxy) is 1. The number of unbranched alkanes of at least 4 members (excludes halogenated alkanes) is 1. The van der Waals surface area contributed by atoms with Crippen LogP contribution in [-0.2, 0) is 27.8 Å². The standard InChI is InChI=1S/C24H26N4O5S/c1-2-3-10-27-21-9-8-17(34(31,32)26-11-13-33-14-12-26)15-20(21)25-22(27)16-28-23(29)18-6-4-5-7-19(18)24(28)30/h4-9,15H,2-3,10-14,16H2,1H3. The fourth-order valence-corrected chi connectivity index (χ4v) is 5.90. The van der Waals surface area contributed by atoms with Crippen molar-refractivity contribution in [2.75, 3.05) is 26.3 Å². The van der Waals surface area contributed by atoms with Gasteiger partial charge in [-0.1, -0.05) is 25.5 Å². The van der Waals surface area contributed by atoms with E-state index in [9.17, 15) is 18.0 Å². The number of hydrogen-bond acceptors (Lipinski definition) is 6. The van der Waals surface area contributed by atoms with Crippen LogP contribution in [0.4, 0.5) is 0 Å². The summed E-state index contributed by atoms with van der Waals surface area (Å²) in [6.45, 7) is 4.13. The second kappa shape index (κ2) is 8.94. The Hall–Kier alpha value is -3.08. The molecule has 1 saturated heterocycles. The van der Waals surface area contributed by atoms with Crippen molar-refractivity contribution in [3.8, 4) is 0 Å². The Kier molecular flexibility index (Phi) is 5.97. The highest BCUT2D eigenvalue weighted by Crippen LogP contribution is 2.28. The number of carbonyl (C=O) groups excluding carboxylic acids is 2. The van der Waals surface area contributed by atoms with Gasteiger partial charge in [0, 0.05) is 19.6 Å². The van der Waals surface area contributed by atoms with Gasteiger partial charge in [0.1, 0.15) is 5.82 Å². The molecule has 2 aromatic carbocycles. The van der Waals surface area contributed by atoms with E-state index in [2.05, 4.69) is 11.9 Å². The van der Waals surface area contributed by atoms with Crippen LogP contribution in [0.2, 0.25) is 0 Å². The van der Waals surface area contributed by atoms with Crippen LogP contribution in [0.25, 0.3) is 11.0 Å². The van der Waals surface area contributed by atoms with Gasteiger partial charge in [-0.05, 0) is 36.8 Å². The molecule has 0 bridgehead atoms. The molecule has 2 aliphatic heterocycles. The first-order chi connectivity index (χ1) is 16.4. The first-order valence-electron chi connectivity index (χ1n) is 11.4. The van der Waals surface area contributed by atoms with Crippen LogP contribution < -0.4 is 0 Å². The number of aromatic nitrogens is 2. The molecule has 34 heavy (non-hydrogen) atoms. The number of hydrogen-bond donors (Lipinski definition) is 0. The Morgan fingerprint density at radius 2 is 1.68 bits per heavy atom. The molecule has 2 amide bonds. The van der Waals surface area contributed by atoms with E-state index >= 15 is 0 Å². The van der Waals surface area contributed by atoms with E-state index in [1.807, 2.05) is 4.57 Å². The normalized spacial score (nSPS) is 17.0. The van der Waals surface area contributed by atoms with Crippen LogP contribution in [0.1, 0.15) is 46.3 Å². The summed E-state index contributed by atoms with van der Waals surface area (Å²) in [6, 6.07) is 11.7. The lowest BCUT2D eigenvalue weighted by molar-refractivity contribution is 0.0636. The Bertz CT molecular complexity index is 1340. The van der Waals surface area contributed by atoms with Gasteiger partial charge in [0.05, 0.1) is 46.8 Å². The van der Waals surface area contributed by atoms with Gasteiger partial charge in [-0.15, -0.1) is 0 Å². The van der Waals surface area contributed by atoms with Crippen LogP contribution in [0.5, 0.6) is 0 Å². The van der Waals surface area contributed by atoms with Crippen molar-refractivity contribution in [2.24, 2.45) is 0 Å². The van der Waals surface area contributed by atoms with Crippen molar-refractivity contribution in [1.29, 1.82) is 0 Å². The third kappa shape index (κ3) is 3.81. The first-order valence-corrected chi connectivity index (χ1v) is 12.9. The molecule has 3 heterocycles. The van der Waals surface area contributed by atoms with E-state index in [1.54, 1.807) is 42.5 Å². The number of imidazole rings is 1. The molecule has 9 nitrogen and oxygen atoms in total. The summed E-state index contributed by atoms with van der Waals surface area (Å²) in [7, 11) is -3.66. The number of carbonyl (C=O) groups is 2. The second-order valence-electron chi connectivity index (χ2n) is 8.44. The zero-order chi connectivity index (χ0) is 23.9. The largest absolute Gasteiger partial charge is 0.379 e. The predicted molar refractivity (Wildman–Crippen MR) is 125 cm³/mol. The van der Waals surface area contributed by atoms with Crippen LogP contribution in [0, 0.1) is 0 Å². The average Bonchev–Trinajstić information content (AvgIpc) is 3.33. The summed E-state index contributed by atoms with van der Waals surface area (Å²) in [4.78, 5) is 31.8. The van der Waals surface area contributed by atoms with Gasteiger partial charge in [0.15, 0.2) is 0 Å². The number of benzene rings is 2. The maximum absolute atomic E-state index is 13.1. The summed E-state index contributed by atoms with van der Waals surface area (Å²) in [5, 5.41) is 0. The molecule has 178 valence electrons. The van der Waals surface area contributed by atoms with E-state index in [0.29, 0.717) is 55.3 Å². The quantitative estimate of drug-likeness (QED) is 0.480. The summed E-state index contributed by atoms with van der Waals surface area (Å²) in [5.74, 6) is -0.130. The number of rotatable bonds is 7. The molecule has 0 N–H and O–H groups in total. The summed E-state index contributed by atoms with van der Waals surface area (Å²) in [5.41, 5.74) is 2.09. The fraction of sp³-hybridized carbons (Fsp3) is 0.375. The molecule has 0 unspecified atom stereocenters. The summed E-state index contributed by atoms with van der Waals surface area (Å²) >= 11 is 0. The smallest absolute Gasteiger partial charge is 0.261 e. The van der Waals surface area contributed by atoms with E-state index < -0.39 is 10.0 Å². The van der Waals surface area contributed by atoms with Gasteiger partial charge in [-0.2, -0.15) is 4.31 Å². The maximum Gasteiger partial charge on any atom is 0.261 e. The second-order valence-corrected chi connectivity index (χ2v) is 10.4. The molecule has 5 rings (SSSR count). The zero-order valence-corrected chi connectivity index (χ0v) is 19.8. The molecular formula is C24H26N4O5S. The SMILES string of the molecule is CCCCn1c(CN2C(=O)c3ccccc3C2=O)nc2cc(S(=O)(=O)N3CCOCC3)ccc21. The minimum atomic E-state index is -3.66. The van der Waals surface area contributed by atoms with Gasteiger partial charge < -0.3 is 9.30 Å². The lowest BCUT2D eigenvalue weighted by Crippen LogP contribution is -2.40. The van der Waals surface area contributed by atoms with Crippen LogP contribution in [0.3, 0.4) is 0 Å². The molecule has 10 heteroatoms. The number of amides is 2. The van der Waals surface area contributed by atoms with E-state index in [0.717, 1.165) is 18.4 Å². The highest BCUT2D eigenvalue weighted by Gasteiger charge is 2.36. The van der Waals surface area contributed by atoms with Crippen molar-refractivity contribution in [3.05, 3.63) is 59.4 Å². The Morgan fingerprint density at radius 3 is 2.32 bits per heavy atom.